The van der Waals surface area contributed by atoms with Gasteiger partial charge in [0.2, 0.25) is 0 Å². The van der Waals surface area contributed by atoms with Crippen LogP contribution in [0.1, 0.15) is 53.6 Å². The number of thiocarbonyl (C=S) groups is 1. The Bertz CT molecular complexity index is 751. The van der Waals surface area contributed by atoms with Gasteiger partial charge in [0.15, 0.2) is 5.11 Å². The van der Waals surface area contributed by atoms with Crippen molar-refractivity contribution in [2.75, 3.05) is 5.32 Å². The Morgan fingerprint density at radius 2 is 1.75 bits per heavy atom. The fourth-order valence-corrected chi connectivity index (χ4v) is 3.62. The standard InChI is InChI=1S/C21H26N2S/c1-14-8-9-15(2)20(12-14)23-21(24)22-16(3)18-11-10-17-6-4-5-7-19(17)13-18/h8-13,16H,4-7H2,1-3H3,(H2,22,23,24)/t16-/m0/s1. The van der Waals surface area contributed by atoms with E-state index in [9.17, 15) is 0 Å². The maximum absolute atomic E-state index is 5.51. The van der Waals surface area contributed by atoms with E-state index in [0.29, 0.717) is 5.11 Å². The van der Waals surface area contributed by atoms with E-state index in [1.54, 1.807) is 0 Å². The molecule has 0 radical (unpaired) electrons. The average Bonchev–Trinajstić information content (AvgIpc) is 2.57. The molecule has 0 aliphatic heterocycles. The molecule has 0 amide bonds. The summed E-state index contributed by atoms with van der Waals surface area (Å²) in [4.78, 5) is 0. The van der Waals surface area contributed by atoms with Gasteiger partial charge in [-0.2, -0.15) is 0 Å². The van der Waals surface area contributed by atoms with Gasteiger partial charge in [0, 0.05) is 5.69 Å². The van der Waals surface area contributed by atoms with E-state index in [4.69, 9.17) is 12.2 Å². The third-order valence-corrected chi connectivity index (χ3v) is 5.08. The molecule has 2 nitrogen and oxygen atoms in total. The molecule has 0 aromatic heterocycles. The second-order valence-corrected chi connectivity index (χ2v) is 7.28. The second-order valence-electron chi connectivity index (χ2n) is 6.87. The lowest BCUT2D eigenvalue weighted by Crippen LogP contribution is -2.31. The van der Waals surface area contributed by atoms with Crippen molar-refractivity contribution < 1.29 is 0 Å². The molecule has 1 aliphatic rings. The average molecular weight is 339 g/mol. The van der Waals surface area contributed by atoms with Gasteiger partial charge in [-0.1, -0.05) is 30.3 Å². The Balaban J connectivity index is 1.66. The molecule has 1 atom stereocenters. The third-order valence-electron chi connectivity index (χ3n) is 4.86. The maximum Gasteiger partial charge on any atom is 0.171 e. The van der Waals surface area contributed by atoms with Gasteiger partial charge in [-0.25, -0.2) is 0 Å². The zero-order valence-corrected chi connectivity index (χ0v) is 15.6. The highest BCUT2D eigenvalue weighted by molar-refractivity contribution is 7.80. The van der Waals surface area contributed by atoms with Crippen molar-refractivity contribution in [1.82, 2.24) is 5.32 Å². The van der Waals surface area contributed by atoms with E-state index >= 15 is 0 Å². The summed E-state index contributed by atoms with van der Waals surface area (Å²) in [5.74, 6) is 0. The zero-order valence-electron chi connectivity index (χ0n) is 14.8. The van der Waals surface area contributed by atoms with Crippen LogP contribution in [0.15, 0.2) is 36.4 Å². The number of hydrogen-bond acceptors (Lipinski definition) is 1. The summed E-state index contributed by atoms with van der Waals surface area (Å²) in [6, 6.07) is 13.5. The van der Waals surface area contributed by atoms with Gasteiger partial charge in [-0.15, -0.1) is 0 Å². The minimum Gasteiger partial charge on any atom is -0.356 e. The molecular weight excluding hydrogens is 312 g/mol. The van der Waals surface area contributed by atoms with Gasteiger partial charge in [0.25, 0.3) is 0 Å². The summed E-state index contributed by atoms with van der Waals surface area (Å²) in [6.45, 7) is 6.36. The number of anilines is 1. The smallest absolute Gasteiger partial charge is 0.171 e. The lowest BCUT2D eigenvalue weighted by atomic mass is 9.89. The van der Waals surface area contributed by atoms with Gasteiger partial charge < -0.3 is 10.6 Å². The van der Waals surface area contributed by atoms with Crippen LogP contribution in [0.5, 0.6) is 0 Å². The molecule has 0 saturated carbocycles. The van der Waals surface area contributed by atoms with Crippen molar-refractivity contribution in [2.24, 2.45) is 0 Å². The van der Waals surface area contributed by atoms with Crippen molar-refractivity contribution in [3.8, 4) is 0 Å². The van der Waals surface area contributed by atoms with Crippen LogP contribution in [0, 0.1) is 13.8 Å². The van der Waals surface area contributed by atoms with E-state index < -0.39 is 0 Å². The van der Waals surface area contributed by atoms with Gasteiger partial charge in [0.1, 0.15) is 0 Å². The van der Waals surface area contributed by atoms with E-state index in [1.807, 2.05) is 0 Å². The third kappa shape index (κ3) is 3.96. The molecule has 3 rings (SSSR count). The first-order valence-corrected chi connectivity index (χ1v) is 9.20. The lowest BCUT2D eigenvalue weighted by Gasteiger charge is -2.21. The summed E-state index contributed by atoms with van der Waals surface area (Å²) >= 11 is 5.51. The Morgan fingerprint density at radius 3 is 2.54 bits per heavy atom. The summed E-state index contributed by atoms with van der Waals surface area (Å²) < 4.78 is 0. The van der Waals surface area contributed by atoms with Crippen LogP contribution in [0.4, 0.5) is 5.69 Å². The molecule has 2 aromatic rings. The molecule has 1 aliphatic carbocycles. The SMILES string of the molecule is Cc1ccc(C)c(NC(=S)N[C@@H](C)c2ccc3c(c2)CCCC3)c1. The van der Waals surface area contributed by atoms with Crippen molar-refractivity contribution in [3.63, 3.8) is 0 Å². The molecule has 0 fully saturated rings. The van der Waals surface area contributed by atoms with Crippen molar-refractivity contribution in [1.29, 1.82) is 0 Å². The molecule has 0 bridgehead atoms. The number of hydrogen-bond donors (Lipinski definition) is 2. The Hall–Kier alpha value is -1.87. The fourth-order valence-electron chi connectivity index (χ4n) is 3.33. The largest absolute Gasteiger partial charge is 0.356 e. The quantitative estimate of drug-likeness (QED) is 0.749. The van der Waals surface area contributed by atoms with E-state index in [2.05, 4.69) is 67.8 Å². The van der Waals surface area contributed by atoms with E-state index in [1.165, 1.54) is 53.5 Å². The first-order chi connectivity index (χ1) is 11.5. The highest BCUT2D eigenvalue weighted by Gasteiger charge is 2.13. The van der Waals surface area contributed by atoms with Gasteiger partial charge in [0.05, 0.1) is 6.04 Å². The van der Waals surface area contributed by atoms with E-state index in [-0.39, 0.29) is 6.04 Å². The number of benzene rings is 2. The predicted molar refractivity (Wildman–Crippen MR) is 107 cm³/mol. The van der Waals surface area contributed by atoms with Gasteiger partial charge in [-0.05, 0) is 92.6 Å². The summed E-state index contributed by atoms with van der Waals surface area (Å²) in [5, 5.41) is 7.43. The number of fused-ring (bicyclic) bond motifs is 1. The summed E-state index contributed by atoms with van der Waals surface area (Å²) in [6.07, 6.45) is 5.07. The molecule has 0 heterocycles. The van der Waals surface area contributed by atoms with Crippen molar-refractivity contribution >= 4 is 23.0 Å². The van der Waals surface area contributed by atoms with Crippen LogP contribution < -0.4 is 10.6 Å². The summed E-state index contributed by atoms with van der Waals surface area (Å²) in [7, 11) is 0. The summed E-state index contributed by atoms with van der Waals surface area (Å²) in [5.41, 5.74) is 7.85. The van der Waals surface area contributed by atoms with Crippen LogP contribution >= 0.6 is 12.2 Å². The number of nitrogens with one attached hydrogen (secondary N) is 2. The molecule has 126 valence electrons. The first-order valence-electron chi connectivity index (χ1n) is 8.79. The minimum atomic E-state index is 0.197. The zero-order chi connectivity index (χ0) is 17.1. The monoisotopic (exact) mass is 338 g/mol. The van der Waals surface area contributed by atoms with Crippen LogP contribution in [0.3, 0.4) is 0 Å². The maximum atomic E-state index is 5.51. The van der Waals surface area contributed by atoms with Gasteiger partial charge >= 0.3 is 0 Å². The molecular formula is C21H26N2S. The van der Waals surface area contributed by atoms with Crippen LogP contribution in [-0.4, -0.2) is 5.11 Å². The van der Waals surface area contributed by atoms with E-state index in [0.717, 1.165) is 5.69 Å². The number of aryl methyl sites for hydroxylation is 4. The molecule has 24 heavy (non-hydrogen) atoms. The Kier molecular flexibility index (Phi) is 5.20. The van der Waals surface area contributed by atoms with Gasteiger partial charge in [-0.3, -0.25) is 0 Å². The second kappa shape index (κ2) is 7.35. The number of rotatable bonds is 3. The first kappa shape index (κ1) is 17.0. The molecule has 0 spiro atoms. The Morgan fingerprint density at radius 1 is 1.00 bits per heavy atom. The highest BCUT2D eigenvalue weighted by atomic mass is 32.1. The predicted octanol–water partition coefficient (Wildman–Crippen LogP) is 5.23. The normalized spacial score (nSPS) is 14.6. The highest BCUT2D eigenvalue weighted by Crippen LogP contribution is 2.25. The fraction of sp³-hybridized carbons (Fsp3) is 0.381. The molecule has 2 aromatic carbocycles. The molecule has 0 unspecified atom stereocenters. The van der Waals surface area contributed by atoms with Crippen molar-refractivity contribution in [3.05, 3.63) is 64.2 Å². The molecule has 0 saturated heterocycles. The van der Waals surface area contributed by atoms with Crippen molar-refractivity contribution in [2.45, 2.75) is 52.5 Å². The minimum absolute atomic E-state index is 0.197. The lowest BCUT2D eigenvalue weighted by molar-refractivity contribution is 0.675. The van der Waals surface area contributed by atoms with Crippen LogP contribution in [0.25, 0.3) is 0 Å². The topological polar surface area (TPSA) is 24.1 Å². The van der Waals surface area contributed by atoms with Crippen LogP contribution in [0.2, 0.25) is 0 Å². The van der Waals surface area contributed by atoms with Crippen LogP contribution in [-0.2, 0) is 12.8 Å². The molecule has 2 N–H and O–H groups in total. The molecule has 3 heteroatoms. The Labute approximate surface area is 150 Å².